The summed E-state index contributed by atoms with van der Waals surface area (Å²) in [7, 11) is 0. The summed E-state index contributed by atoms with van der Waals surface area (Å²) in [6.07, 6.45) is 5.63. The van der Waals surface area contributed by atoms with E-state index in [4.69, 9.17) is 9.47 Å². The SMILES string of the molecule is CC1=CCCC(CO)=CC2OC(=O)C(C)C2C(OC(=O)CC(C)C)C1. The third-order valence-electron chi connectivity index (χ3n) is 4.95. The van der Waals surface area contributed by atoms with Gasteiger partial charge in [0.2, 0.25) is 0 Å². The molecule has 1 heterocycles. The Morgan fingerprint density at radius 2 is 2.16 bits per heavy atom. The second-order valence-electron chi connectivity index (χ2n) is 7.67. The molecule has 0 saturated carbocycles. The molecule has 1 N–H and O–H groups in total. The quantitative estimate of drug-likeness (QED) is 0.623. The number of esters is 2. The van der Waals surface area contributed by atoms with Crippen molar-refractivity contribution in [3.63, 3.8) is 0 Å². The summed E-state index contributed by atoms with van der Waals surface area (Å²) in [5.41, 5.74) is 1.99. The van der Waals surface area contributed by atoms with E-state index >= 15 is 0 Å². The molecule has 1 aliphatic carbocycles. The summed E-state index contributed by atoms with van der Waals surface area (Å²) in [6, 6.07) is 0. The van der Waals surface area contributed by atoms with Crippen LogP contribution in [-0.2, 0) is 19.1 Å². The number of rotatable bonds is 4. The second-order valence-corrected chi connectivity index (χ2v) is 7.67. The van der Waals surface area contributed by atoms with Crippen LogP contribution in [-0.4, -0.2) is 35.9 Å². The molecule has 5 nitrogen and oxygen atoms in total. The van der Waals surface area contributed by atoms with E-state index in [9.17, 15) is 14.7 Å². The van der Waals surface area contributed by atoms with Gasteiger partial charge in [0.15, 0.2) is 0 Å². The van der Waals surface area contributed by atoms with Crippen LogP contribution in [0.2, 0.25) is 0 Å². The summed E-state index contributed by atoms with van der Waals surface area (Å²) in [6.45, 7) is 7.74. The highest BCUT2D eigenvalue weighted by Gasteiger charge is 2.47. The third kappa shape index (κ3) is 5.18. The van der Waals surface area contributed by atoms with Gasteiger partial charge in [-0.15, -0.1) is 0 Å². The molecular weight excluding hydrogens is 320 g/mol. The van der Waals surface area contributed by atoms with Crippen LogP contribution in [0.3, 0.4) is 0 Å². The molecule has 1 saturated heterocycles. The van der Waals surface area contributed by atoms with Gasteiger partial charge in [-0.05, 0) is 37.3 Å². The highest BCUT2D eigenvalue weighted by molar-refractivity contribution is 5.76. The van der Waals surface area contributed by atoms with Gasteiger partial charge in [-0.2, -0.15) is 0 Å². The summed E-state index contributed by atoms with van der Waals surface area (Å²) in [5.74, 6) is -0.855. The fourth-order valence-corrected chi connectivity index (χ4v) is 3.60. The summed E-state index contributed by atoms with van der Waals surface area (Å²) >= 11 is 0. The molecular formula is C20H30O5. The molecule has 2 aliphatic rings. The van der Waals surface area contributed by atoms with Crippen molar-refractivity contribution < 1.29 is 24.2 Å². The zero-order valence-corrected chi connectivity index (χ0v) is 15.7. The first kappa shape index (κ1) is 19.7. The van der Waals surface area contributed by atoms with Crippen molar-refractivity contribution in [1.29, 1.82) is 0 Å². The number of hydrogen-bond acceptors (Lipinski definition) is 5. The van der Waals surface area contributed by atoms with Crippen LogP contribution in [0.15, 0.2) is 23.3 Å². The maximum absolute atomic E-state index is 12.3. The topological polar surface area (TPSA) is 72.8 Å². The lowest BCUT2D eigenvalue weighted by atomic mass is 9.82. The average Bonchev–Trinajstić information content (AvgIpc) is 2.79. The van der Waals surface area contributed by atoms with Crippen molar-refractivity contribution in [2.24, 2.45) is 17.8 Å². The highest BCUT2D eigenvalue weighted by atomic mass is 16.6. The van der Waals surface area contributed by atoms with Gasteiger partial charge in [-0.3, -0.25) is 9.59 Å². The van der Waals surface area contributed by atoms with Gasteiger partial charge < -0.3 is 14.6 Å². The highest BCUT2D eigenvalue weighted by Crippen LogP contribution is 2.37. The monoisotopic (exact) mass is 350 g/mol. The van der Waals surface area contributed by atoms with E-state index in [1.54, 1.807) is 0 Å². The van der Waals surface area contributed by atoms with Crippen molar-refractivity contribution in [3.05, 3.63) is 23.3 Å². The normalized spacial score (nSPS) is 30.2. The lowest BCUT2D eigenvalue weighted by molar-refractivity contribution is -0.154. The van der Waals surface area contributed by atoms with Crippen molar-refractivity contribution >= 4 is 11.9 Å². The molecule has 0 radical (unpaired) electrons. The molecule has 2 rings (SSSR count). The minimum Gasteiger partial charge on any atom is -0.462 e. The van der Waals surface area contributed by atoms with Crippen LogP contribution < -0.4 is 0 Å². The zero-order chi connectivity index (χ0) is 18.6. The minimum atomic E-state index is -0.451. The first-order valence-electron chi connectivity index (χ1n) is 9.17. The Bertz CT molecular complexity index is 560. The maximum atomic E-state index is 12.3. The first-order chi connectivity index (χ1) is 11.8. The molecule has 0 aromatic heterocycles. The molecule has 140 valence electrons. The predicted octanol–water partition coefficient (Wildman–Crippen LogP) is 3.17. The molecule has 1 fully saturated rings. The van der Waals surface area contributed by atoms with Crippen LogP contribution in [0.25, 0.3) is 0 Å². The van der Waals surface area contributed by atoms with Gasteiger partial charge in [-0.25, -0.2) is 0 Å². The summed E-state index contributed by atoms with van der Waals surface area (Å²) in [5, 5.41) is 9.58. The molecule has 0 spiro atoms. The molecule has 1 aliphatic heterocycles. The summed E-state index contributed by atoms with van der Waals surface area (Å²) in [4.78, 5) is 24.4. The molecule has 0 bridgehead atoms. The van der Waals surface area contributed by atoms with E-state index in [-0.39, 0.29) is 36.3 Å². The number of aliphatic hydroxyl groups excluding tert-OH is 1. The van der Waals surface area contributed by atoms with Gasteiger partial charge in [0.25, 0.3) is 0 Å². The van der Waals surface area contributed by atoms with Crippen molar-refractivity contribution in [2.45, 2.75) is 65.6 Å². The minimum absolute atomic E-state index is 0.0557. The van der Waals surface area contributed by atoms with Crippen molar-refractivity contribution in [2.75, 3.05) is 6.61 Å². The fourth-order valence-electron chi connectivity index (χ4n) is 3.60. The Morgan fingerprint density at radius 3 is 2.80 bits per heavy atom. The lowest BCUT2D eigenvalue weighted by Crippen LogP contribution is -2.36. The lowest BCUT2D eigenvalue weighted by Gasteiger charge is -2.29. The Morgan fingerprint density at radius 1 is 1.44 bits per heavy atom. The van der Waals surface area contributed by atoms with E-state index in [0.717, 1.165) is 24.0 Å². The summed E-state index contributed by atoms with van der Waals surface area (Å²) < 4.78 is 11.3. The number of allylic oxidation sites excluding steroid dienone is 1. The maximum Gasteiger partial charge on any atom is 0.309 e. The smallest absolute Gasteiger partial charge is 0.309 e. The van der Waals surface area contributed by atoms with Crippen LogP contribution in [0.4, 0.5) is 0 Å². The molecule has 5 heteroatoms. The number of hydrogen-bond donors (Lipinski definition) is 1. The molecule has 0 aromatic rings. The standard InChI is InChI=1S/C20H30O5/c1-12(2)8-18(22)24-16-9-13(3)6-5-7-15(11-21)10-17-19(16)14(4)20(23)25-17/h6,10,12,14,16-17,19,21H,5,7-9,11H2,1-4H3. The van der Waals surface area contributed by atoms with Crippen molar-refractivity contribution in [1.82, 2.24) is 0 Å². The zero-order valence-electron chi connectivity index (χ0n) is 15.7. The van der Waals surface area contributed by atoms with E-state index in [1.807, 2.05) is 33.8 Å². The molecule has 0 amide bonds. The van der Waals surface area contributed by atoms with Gasteiger partial charge >= 0.3 is 11.9 Å². The number of carbonyl (C=O) groups excluding carboxylic acids is 2. The van der Waals surface area contributed by atoms with Crippen LogP contribution in [0, 0.1) is 17.8 Å². The number of ether oxygens (including phenoxy) is 2. The Balaban J connectivity index is 2.32. The van der Waals surface area contributed by atoms with E-state index in [0.29, 0.717) is 12.8 Å². The Labute approximate surface area is 150 Å². The van der Waals surface area contributed by atoms with Crippen LogP contribution in [0.5, 0.6) is 0 Å². The fraction of sp³-hybridized carbons (Fsp3) is 0.700. The van der Waals surface area contributed by atoms with Gasteiger partial charge in [-0.1, -0.05) is 32.4 Å². The van der Waals surface area contributed by atoms with Crippen molar-refractivity contribution in [3.8, 4) is 0 Å². The first-order valence-corrected chi connectivity index (χ1v) is 9.17. The Hall–Kier alpha value is -1.62. The molecule has 4 unspecified atom stereocenters. The predicted molar refractivity (Wildman–Crippen MR) is 94.6 cm³/mol. The molecule has 4 atom stereocenters. The van der Waals surface area contributed by atoms with Crippen LogP contribution in [0.1, 0.15) is 53.4 Å². The van der Waals surface area contributed by atoms with E-state index in [2.05, 4.69) is 6.08 Å². The van der Waals surface area contributed by atoms with Gasteiger partial charge in [0.1, 0.15) is 12.2 Å². The second kappa shape index (κ2) is 8.65. The number of aliphatic hydroxyl groups is 1. The van der Waals surface area contributed by atoms with E-state index in [1.165, 1.54) is 0 Å². The Kier molecular flexibility index (Phi) is 6.82. The molecule has 0 aromatic carbocycles. The van der Waals surface area contributed by atoms with Gasteiger partial charge in [0, 0.05) is 12.8 Å². The average molecular weight is 350 g/mol. The van der Waals surface area contributed by atoms with E-state index < -0.39 is 12.2 Å². The van der Waals surface area contributed by atoms with Gasteiger partial charge in [0.05, 0.1) is 18.4 Å². The largest absolute Gasteiger partial charge is 0.462 e. The third-order valence-corrected chi connectivity index (χ3v) is 4.95. The number of fused-ring (bicyclic) bond motifs is 1. The van der Waals surface area contributed by atoms with Crippen LogP contribution >= 0.6 is 0 Å². The number of carbonyl (C=O) groups is 2. The molecule has 25 heavy (non-hydrogen) atoms.